The molecule has 2 atom stereocenters. The monoisotopic (exact) mass is 396 g/mol. The lowest BCUT2D eigenvalue weighted by Crippen LogP contribution is -2.48. The number of hydrogen-bond donors (Lipinski definition) is 0. The van der Waals surface area contributed by atoms with Crippen LogP contribution in [0.2, 0.25) is 18.1 Å². The van der Waals surface area contributed by atoms with Gasteiger partial charge in [0.25, 0.3) is 0 Å². The van der Waals surface area contributed by atoms with Crippen molar-refractivity contribution in [3.05, 3.63) is 29.8 Å². The van der Waals surface area contributed by atoms with E-state index in [2.05, 4.69) is 33.9 Å². The summed E-state index contributed by atoms with van der Waals surface area (Å²) in [5.74, 6) is 0.543. The fourth-order valence-electron chi connectivity index (χ4n) is 2.34. The average Bonchev–Trinajstić information content (AvgIpc) is 2.62. The molecule has 0 aliphatic heterocycles. The first kappa shape index (κ1) is 23.7. The molecule has 1 aromatic carbocycles. The Morgan fingerprint density at radius 2 is 1.70 bits per heavy atom. The Hall–Kier alpha value is -1.37. The van der Waals surface area contributed by atoms with Crippen molar-refractivity contribution in [2.24, 2.45) is 5.92 Å². The van der Waals surface area contributed by atoms with E-state index in [1.54, 1.807) is 7.11 Å². The molecular weight excluding hydrogens is 360 g/mol. The summed E-state index contributed by atoms with van der Waals surface area (Å²) in [6.45, 7) is 13.9. The summed E-state index contributed by atoms with van der Waals surface area (Å²) in [6, 6.07) is 7.81. The molecule has 0 aliphatic carbocycles. The Labute approximate surface area is 165 Å². The van der Waals surface area contributed by atoms with Crippen LogP contribution in [0.3, 0.4) is 0 Å². The summed E-state index contributed by atoms with van der Waals surface area (Å²) in [6.07, 6.45) is 0.172. The number of rotatable bonds is 10. The number of methoxy groups -OCH3 is 2. The maximum Gasteiger partial charge on any atom is 0.334 e. The molecule has 5 nitrogen and oxygen atoms in total. The van der Waals surface area contributed by atoms with Gasteiger partial charge in [-0.1, -0.05) is 39.8 Å². The van der Waals surface area contributed by atoms with E-state index in [-0.39, 0.29) is 16.9 Å². The van der Waals surface area contributed by atoms with Gasteiger partial charge < -0.3 is 18.6 Å². The van der Waals surface area contributed by atoms with Crippen LogP contribution in [0.4, 0.5) is 0 Å². The van der Waals surface area contributed by atoms with Crippen LogP contribution in [-0.2, 0) is 25.3 Å². The Morgan fingerprint density at radius 3 is 2.19 bits per heavy atom. The van der Waals surface area contributed by atoms with Gasteiger partial charge in [-0.15, -0.1) is 0 Å². The maximum absolute atomic E-state index is 12.3. The van der Waals surface area contributed by atoms with Gasteiger partial charge in [-0.25, -0.2) is 4.79 Å². The topological polar surface area (TPSA) is 54.0 Å². The number of benzene rings is 1. The van der Waals surface area contributed by atoms with E-state index >= 15 is 0 Å². The molecule has 0 saturated heterocycles. The Balaban J connectivity index is 2.58. The second kappa shape index (κ2) is 10.2. The van der Waals surface area contributed by atoms with Crippen LogP contribution in [0, 0.1) is 5.92 Å². The van der Waals surface area contributed by atoms with Crippen molar-refractivity contribution in [3.8, 4) is 5.75 Å². The average molecular weight is 397 g/mol. The van der Waals surface area contributed by atoms with E-state index in [4.69, 9.17) is 18.6 Å². The van der Waals surface area contributed by atoms with Crippen LogP contribution >= 0.6 is 0 Å². The number of hydrogen-bond acceptors (Lipinski definition) is 5. The first-order valence-electron chi connectivity index (χ1n) is 9.48. The van der Waals surface area contributed by atoms with Crippen molar-refractivity contribution >= 4 is 14.3 Å². The van der Waals surface area contributed by atoms with Crippen LogP contribution in [0.1, 0.15) is 39.7 Å². The molecule has 1 aromatic rings. The zero-order valence-corrected chi connectivity index (χ0v) is 19.1. The first-order chi connectivity index (χ1) is 12.5. The van der Waals surface area contributed by atoms with Gasteiger partial charge in [0, 0.05) is 6.61 Å². The van der Waals surface area contributed by atoms with Gasteiger partial charge in [-0.05, 0) is 48.2 Å². The number of ether oxygens (including phenoxy) is 3. The highest BCUT2D eigenvalue weighted by molar-refractivity contribution is 6.74. The largest absolute Gasteiger partial charge is 0.497 e. The van der Waals surface area contributed by atoms with E-state index < -0.39 is 14.4 Å². The number of carbonyl (C=O) groups is 1. The van der Waals surface area contributed by atoms with Gasteiger partial charge >= 0.3 is 5.97 Å². The van der Waals surface area contributed by atoms with Crippen LogP contribution in [-0.4, -0.2) is 41.2 Å². The van der Waals surface area contributed by atoms with Crippen molar-refractivity contribution in [2.45, 2.75) is 65.0 Å². The zero-order valence-electron chi connectivity index (χ0n) is 18.1. The molecule has 0 heterocycles. The molecule has 6 heteroatoms. The third-order valence-corrected chi connectivity index (χ3v) is 9.78. The summed E-state index contributed by atoms with van der Waals surface area (Å²) >= 11 is 0. The van der Waals surface area contributed by atoms with E-state index in [0.717, 1.165) is 17.7 Å². The SMILES string of the molecule is COC(=O)[C@@H](O[Si](C)(C)C(C)(C)C)[C@@H](C)CCOCc1ccc(OC)cc1. The summed E-state index contributed by atoms with van der Waals surface area (Å²) in [5, 5.41) is 0.0316. The lowest BCUT2D eigenvalue weighted by Gasteiger charge is -2.39. The fourth-order valence-corrected chi connectivity index (χ4v) is 3.66. The minimum absolute atomic E-state index is 0.0162. The summed E-state index contributed by atoms with van der Waals surface area (Å²) in [4.78, 5) is 12.3. The van der Waals surface area contributed by atoms with Gasteiger partial charge in [0.1, 0.15) is 11.9 Å². The molecule has 0 fully saturated rings. The van der Waals surface area contributed by atoms with Crippen LogP contribution in [0.15, 0.2) is 24.3 Å². The first-order valence-corrected chi connectivity index (χ1v) is 12.4. The molecule has 0 saturated carbocycles. The van der Waals surface area contributed by atoms with Gasteiger partial charge in [0.05, 0.1) is 20.8 Å². The Morgan fingerprint density at radius 1 is 1.11 bits per heavy atom. The van der Waals surface area contributed by atoms with Gasteiger partial charge in [0.15, 0.2) is 8.32 Å². The lowest BCUT2D eigenvalue weighted by molar-refractivity contribution is -0.152. The van der Waals surface area contributed by atoms with Gasteiger partial charge in [-0.3, -0.25) is 0 Å². The molecule has 0 aromatic heterocycles. The summed E-state index contributed by atoms with van der Waals surface area (Å²) in [7, 11) is 0.991. The highest BCUT2D eigenvalue weighted by Gasteiger charge is 2.42. The second-order valence-electron chi connectivity index (χ2n) is 8.49. The number of esters is 1. The Kier molecular flexibility index (Phi) is 8.98. The van der Waals surface area contributed by atoms with Crippen molar-refractivity contribution in [1.29, 1.82) is 0 Å². The zero-order chi connectivity index (χ0) is 20.7. The van der Waals surface area contributed by atoms with Crippen molar-refractivity contribution in [1.82, 2.24) is 0 Å². The normalized spacial score (nSPS) is 14.5. The van der Waals surface area contributed by atoms with Crippen molar-refractivity contribution < 1.29 is 23.4 Å². The van der Waals surface area contributed by atoms with Crippen LogP contribution in [0.5, 0.6) is 5.75 Å². The highest BCUT2D eigenvalue weighted by Crippen LogP contribution is 2.38. The van der Waals surface area contributed by atoms with E-state index in [1.807, 2.05) is 31.2 Å². The summed E-state index contributed by atoms with van der Waals surface area (Å²) in [5.41, 5.74) is 1.09. The second-order valence-corrected chi connectivity index (χ2v) is 13.2. The Bertz CT molecular complexity index is 577. The van der Waals surface area contributed by atoms with E-state index in [0.29, 0.717) is 13.2 Å². The molecule has 1 rings (SSSR count). The molecular formula is C21H36O5Si. The molecule has 0 spiro atoms. The summed E-state index contributed by atoms with van der Waals surface area (Å²) < 4.78 is 22.3. The predicted octanol–water partition coefficient (Wildman–Crippen LogP) is 4.80. The maximum atomic E-state index is 12.3. The van der Waals surface area contributed by atoms with Crippen LogP contribution < -0.4 is 4.74 Å². The molecule has 0 aliphatic rings. The molecule has 0 radical (unpaired) electrons. The molecule has 0 bridgehead atoms. The van der Waals surface area contributed by atoms with Crippen LogP contribution in [0.25, 0.3) is 0 Å². The molecule has 0 N–H and O–H groups in total. The fraction of sp³-hybridized carbons (Fsp3) is 0.667. The standard InChI is InChI=1S/C21H36O5Si/c1-16(13-14-25-15-17-9-11-18(23-5)12-10-17)19(20(22)24-6)26-27(7,8)21(2,3)4/h9-12,16,19H,13-15H2,1-8H3/t16-,19-/m0/s1. The minimum Gasteiger partial charge on any atom is -0.497 e. The van der Waals surface area contributed by atoms with E-state index in [9.17, 15) is 4.79 Å². The lowest BCUT2D eigenvalue weighted by atomic mass is 10.0. The number of carbonyl (C=O) groups excluding carboxylic acids is 1. The molecule has 154 valence electrons. The van der Waals surface area contributed by atoms with Crippen molar-refractivity contribution in [3.63, 3.8) is 0 Å². The third kappa shape index (κ3) is 7.28. The van der Waals surface area contributed by atoms with Crippen molar-refractivity contribution in [2.75, 3.05) is 20.8 Å². The highest BCUT2D eigenvalue weighted by atomic mass is 28.4. The van der Waals surface area contributed by atoms with E-state index in [1.165, 1.54) is 7.11 Å². The smallest absolute Gasteiger partial charge is 0.334 e. The van der Waals surface area contributed by atoms with Gasteiger partial charge in [0.2, 0.25) is 0 Å². The minimum atomic E-state index is -2.07. The van der Waals surface area contributed by atoms with Gasteiger partial charge in [-0.2, -0.15) is 0 Å². The predicted molar refractivity (Wildman–Crippen MR) is 111 cm³/mol. The quantitative estimate of drug-likeness (QED) is 0.323. The molecule has 27 heavy (non-hydrogen) atoms. The molecule has 0 amide bonds. The third-order valence-electron chi connectivity index (χ3n) is 5.32. The molecule has 0 unspecified atom stereocenters.